The first-order chi connectivity index (χ1) is 14.6. The number of rotatable bonds is 3. The third-order valence-electron chi connectivity index (χ3n) is 5.85. The van der Waals surface area contributed by atoms with E-state index in [4.69, 9.17) is 4.74 Å². The largest absolute Gasteiger partial charge is 0.497 e. The van der Waals surface area contributed by atoms with Crippen LogP contribution in [-0.2, 0) is 7.05 Å². The Morgan fingerprint density at radius 2 is 1.73 bits per heavy atom. The molecule has 2 aromatic carbocycles. The van der Waals surface area contributed by atoms with Crippen LogP contribution in [0.4, 0.5) is 0 Å². The molecule has 4 aromatic rings. The highest BCUT2D eigenvalue weighted by molar-refractivity contribution is 6.16. The van der Waals surface area contributed by atoms with Crippen molar-refractivity contribution < 1.29 is 9.53 Å². The number of hydrogen-bond donors (Lipinski definition) is 0. The molecular formula is C23H22N4O3. The van der Waals surface area contributed by atoms with E-state index in [0.717, 1.165) is 23.7 Å². The molecule has 30 heavy (non-hydrogen) atoms. The Hall–Kier alpha value is -3.61. The lowest BCUT2D eigenvalue weighted by Gasteiger charge is -2.16. The van der Waals surface area contributed by atoms with Crippen LogP contribution in [0, 0.1) is 0 Å². The first-order valence-electron chi connectivity index (χ1n) is 10.0. The van der Waals surface area contributed by atoms with Crippen molar-refractivity contribution in [1.82, 2.24) is 19.2 Å². The summed E-state index contributed by atoms with van der Waals surface area (Å²) in [6.07, 6.45) is 1.98. The average molecular weight is 402 g/mol. The normalized spacial score (nSPS) is 14.0. The smallest absolute Gasteiger partial charge is 0.296 e. The summed E-state index contributed by atoms with van der Waals surface area (Å²) in [5, 5.41) is 6.08. The van der Waals surface area contributed by atoms with Crippen LogP contribution >= 0.6 is 0 Å². The fourth-order valence-corrected chi connectivity index (χ4v) is 4.30. The summed E-state index contributed by atoms with van der Waals surface area (Å²) in [4.78, 5) is 28.7. The molecule has 0 bridgehead atoms. The van der Waals surface area contributed by atoms with Crippen LogP contribution in [0.2, 0.25) is 0 Å². The predicted molar refractivity (Wildman–Crippen MR) is 116 cm³/mol. The molecule has 1 aliphatic heterocycles. The second-order valence-corrected chi connectivity index (χ2v) is 7.56. The van der Waals surface area contributed by atoms with Crippen LogP contribution in [0.1, 0.15) is 23.3 Å². The molecule has 1 amide bonds. The molecule has 0 radical (unpaired) electrons. The standard InChI is InChI=1S/C23H22N4O3/c1-25-18-8-4-3-7-17(18)19-20(22(28)26-13-5-6-14-26)24-27(23(29)21(19)25)15-9-11-16(30-2)12-10-15/h3-4,7-12H,5-6,13-14H2,1-2H3. The number of nitrogens with zero attached hydrogens (tertiary/aromatic N) is 4. The summed E-state index contributed by atoms with van der Waals surface area (Å²) < 4.78 is 8.40. The maximum atomic E-state index is 13.5. The molecule has 7 heteroatoms. The van der Waals surface area contributed by atoms with Crippen molar-refractivity contribution in [2.24, 2.45) is 7.05 Å². The van der Waals surface area contributed by atoms with Gasteiger partial charge in [0, 0.05) is 36.4 Å². The second kappa shape index (κ2) is 7.02. The van der Waals surface area contributed by atoms with Crippen molar-refractivity contribution in [2.45, 2.75) is 12.8 Å². The van der Waals surface area contributed by atoms with Gasteiger partial charge in [-0.15, -0.1) is 0 Å². The number of carbonyl (C=O) groups is 1. The summed E-state index contributed by atoms with van der Waals surface area (Å²) in [6, 6.07) is 14.8. The number of para-hydroxylation sites is 1. The predicted octanol–water partition coefficient (Wildman–Crippen LogP) is 3.12. The Kier molecular flexibility index (Phi) is 4.31. The Bertz CT molecular complexity index is 1330. The molecule has 0 aliphatic carbocycles. The van der Waals surface area contributed by atoms with E-state index in [2.05, 4.69) is 5.10 Å². The summed E-state index contributed by atoms with van der Waals surface area (Å²) in [7, 11) is 3.45. The fourth-order valence-electron chi connectivity index (χ4n) is 4.30. The number of carbonyl (C=O) groups excluding carboxylic acids is 1. The minimum Gasteiger partial charge on any atom is -0.497 e. The van der Waals surface area contributed by atoms with Gasteiger partial charge in [-0.05, 0) is 43.2 Å². The van der Waals surface area contributed by atoms with Gasteiger partial charge in [-0.2, -0.15) is 9.78 Å². The van der Waals surface area contributed by atoms with Crippen molar-refractivity contribution in [3.63, 3.8) is 0 Å². The molecule has 1 saturated heterocycles. The maximum absolute atomic E-state index is 13.5. The number of amides is 1. The number of hydrogen-bond acceptors (Lipinski definition) is 4. The summed E-state index contributed by atoms with van der Waals surface area (Å²) in [5.74, 6) is 0.557. The van der Waals surface area contributed by atoms with Gasteiger partial charge in [-0.1, -0.05) is 18.2 Å². The van der Waals surface area contributed by atoms with Gasteiger partial charge in [-0.3, -0.25) is 9.59 Å². The van der Waals surface area contributed by atoms with Crippen molar-refractivity contribution in [3.05, 3.63) is 64.6 Å². The number of methoxy groups -OCH3 is 1. The molecule has 0 spiro atoms. The number of fused-ring (bicyclic) bond motifs is 3. The highest BCUT2D eigenvalue weighted by atomic mass is 16.5. The molecule has 2 aromatic heterocycles. The van der Waals surface area contributed by atoms with Gasteiger partial charge in [0.2, 0.25) is 0 Å². The minimum atomic E-state index is -0.258. The van der Waals surface area contributed by atoms with E-state index in [9.17, 15) is 9.59 Å². The van der Waals surface area contributed by atoms with E-state index < -0.39 is 0 Å². The zero-order valence-electron chi connectivity index (χ0n) is 17.0. The van der Waals surface area contributed by atoms with Gasteiger partial charge in [0.25, 0.3) is 11.5 Å². The topological polar surface area (TPSA) is 69.4 Å². The highest BCUT2D eigenvalue weighted by Gasteiger charge is 2.27. The lowest BCUT2D eigenvalue weighted by molar-refractivity contribution is 0.0787. The molecule has 1 aliphatic rings. The summed E-state index contributed by atoms with van der Waals surface area (Å²) >= 11 is 0. The molecular weight excluding hydrogens is 380 g/mol. The van der Waals surface area contributed by atoms with Crippen LogP contribution in [0.25, 0.3) is 27.5 Å². The Balaban J connectivity index is 1.85. The van der Waals surface area contributed by atoms with Crippen LogP contribution in [0.3, 0.4) is 0 Å². The van der Waals surface area contributed by atoms with Crippen LogP contribution in [0.15, 0.2) is 53.3 Å². The molecule has 5 rings (SSSR count). The van der Waals surface area contributed by atoms with Gasteiger partial charge < -0.3 is 14.2 Å². The maximum Gasteiger partial charge on any atom is 0.296 e. The van der Waals surface area contributed by atoms with Gasteiger partial charge in [-0.25, -0.2) is 0 Å². The first kappa shape index (κ1) is 18.4. The molecule has 0 saturated carbocycles. The van der Waals surface area contributed by atoms with Gasteiger partial charge >= 0.3 is 0 Å². The average Bonchev–Trinajstić information content (AvgIpc) is 3.42. The third kappa shape index (κ3) is 2.69. The van der Waals surface area contributed by atoms with Crippen LogP contribution < -0.4 is 10.3 Å². The van der Waals surface area contributed by atoms with Gasteiger partial charge in [0.1, 0.15) is 11.3 Å². The molecule has 0 unspecified atom stereocenters. The van der Waals surface area contributed by atoms with E-state index >= 15 is 0 Å². The van der Waals surface area contributed by atoms with Crippen LogP contribution in [0.5, 0.6) is 5.75 Å². The minimum absolute atomic E-state index is 0.129. The van der Waals surface area contributed by atoms with E-state index in [-0.39, 0.29) is 11.5 Å². The van der Waals surface area contributed by atoms with Crippen molar-refractivity contribution >= 4 is 27.7 Å². The number of aryl methyl sites for hydroxylation is 1. The van der Waals surface area contributed by atoms with Crippen molar-refractivity contribution in [3.8, 4) is 11.4 Å². The lowest BCUT2D eigenvalue weighted by atomic mass is 10.1. The molecule has 0 atom stereocenters. The molecule has 7 nitrogen and oxygen atoms in total. The fraction of sp³-hybridized carbons (Fsp3) is 0.261. The number of likely N-dealkylation sites (tertiary alicyclic amines) is 1. The van der Waals surface area contributed by atoms with Gasteiger partial charge in [0.15, 0.2) is 5.69 Å². The Morgan fingerprint density at radius 1 is 1.03 bits per heavy atom. The highest BCUT2D eigenvalue weighted by Crippen LogP contribution is 2.29. The van der Waals surface area contributed by atoms with Crippen molar-refractivity contribution in [1.29, 1.82) is 0 Å². The molecule has 152 valence electrons. The van der Waals surface area contributed by atoms with Crippen molar-refractivity contribution in [2.75, 3.05) is 20.2 Å². The lowest BCUT2D eigenvalue weighted by Crippen LogP contribution is -2.32. The SMILES string of the molecule is COc1ccc(-n2nc(C(=O)N3CCCC3)c3c4ccccc4n(C)c3c2=O)cc1. The van der Waals surface area contributed by atoms with E-state index in [0.29, 0.717) is 41.1 Å². The summed E-state index contributed by atoms with van der Waals surface area (Å²) in [5.41, 5.74) is 2.02. The van der Waals surface area contributed by atoms with E-state index in [1.165, 1.54) is 4.68 Å². The zero-order valence-corrected chi connectivity index (χ0v) is 17.0. The van der Waals surface area contributed by atoms with E-state index in [1.54, 1.807) is 31.4 Å². The Labute approximate surface area is 173 Å². The zero-order chi connectivity index (χ0) is 20.8. The molecule has 1 fully saturated rings. The molecule has 3 heterocycles. The number of ether oxygens (including phenoxy) is 1. The molecule has 0 N–H and O–H groups in total. The van der Waals surface area contributed by atoms with Crippen LogP contribution in [-0.4, -0.2) is 45.4 Å². The van der Waals surface area contributed by atoms with E-state index in [1.807, 2.05) is 40.8 Å². The summed E-state index contributed by atoms with van der Waals surface area (Å²) in [6.45, 7) is 1.43. The third-order valence-corrected chi connectivity index (χ3v) is 5.85. The first-order valence-corrected chi connectivity index (χ1v) is 10.0. The Morgan fingerprint density at radius 3 is 2.43 bits per heavy atom. The van der Waals surface area contributed by atoms with Gasteiger partial charge in [0.05, 0.1) is 12.8 Å². The number of aromatic nitrogens is 3. The second-order valence-electron chi connectivity index (χ2n) is 7.56. The quantitative estimate of drug-likeness (QED) is 0.528. The number of benzene rings is 2. The monoisotopic (exact) mass is 402 g/mol.